The number of hydrogen-bond acceptors (Lipinski definition) is 5. The summed E-state index contributed by atoms with van der Waals surface area (Å²) in [6.07, 6.45) is 77.5. The molecule has 0 saturated heterocycles. The maximum absolute atomic E-state index is 12.7. The molecule has 0 aromatic carbocycles. The average molecular weight is 982 g/mol. The van der Waals surface area contributed by atoms with Gasteiger partial charge in [-0.05, 0) is 57.8 Å². The van der Waals surface area contributed by atoms with Crippen LogP contribution < -0.4 is 0 Å². The molecule has 410 valence electrons. The number of allylic oxidation sites excluding steroid dienone is 8. The molecule has 0 aromatic rings. The van der Waals surface area contributed by atoms with Gasteiger partial charge in [0.25, 0.3) is 0 Å². The topological polar surface area (TPSA) is 61.8 Å². The lowest BCUT2D eigenvalue weighted by atomic mass is 10.0. The second-order valence-electron chi connectivity index (χ2n) is 21.0. The Morgan fingerprint density at radius 1 is 0.300 bits per heavy atom. The molecular formula is C65H120O5. The minimum Gasteiger partial charge on any atom is -0.463 e. The van der Waals surface area contributed by atoms with E-state index in [1.165, 1.54) is 238 Å². The molecule has 0 rings (SSSR count). The molecule has 0 bridgehead atoms. The fraction of sp³-hybridized carbons (Fsp3) is 0.846. The average Bonchev–Trinajstić information content (AvgIpc) is 3.36. The summed E-state index contributed by atoms with van der Waals surface area (Å²) in [7, 11) is 0. The van der Waals surface area contributed by atoms with Gasteiger partial charge in [-0.3, -0.25) is 9.59 Å². The molecule has 0 amide bonds. The Kier molecular flexibility index (Phi) is 59.3. The van der Waals surface area contributed by atoms with Crippen LogP contribution in [-0.4, -0.2) is 37.9 Å². The van der Waals surface area contributed by atoms with E-state index in [4.69, 9.17) is 14.2 Å². The zero-order valence-corrected chi connectivity index (χ0v) is 47.3. The van der Waals surface area contributed by atoms with Crippen molar-refractivity contribution in [1.29, 1.82) is 0 Å². The zero-order chi connectivity index (χ0) is 50.6. The minimum absolute atomic E-state index is 0.134. The summed E-state index contributed by atoms with van der Waals surface area (Å²) in [5, 5.41) is 0. The number of hydrogen-bond donors (Lipinski definition) is 0. The van der Waals surface area contributed by atoms with Gasteiger partial charge in [0.2, 0.25) is 0 Å². The van der Waals surface area contributed by atoms with E-state index >= 15 is 0 Å². The number of carbonyl (C=O) groups excluding carboxylic acids is 2. The first-order valence-electron chi connectivity index (χ1n) is 31.2. The minimum atomic E-state index is -0.419. The summed E-state index contributed by atoms with van der Waals surface area (Å²) in [5.41, 5.74) is 0. The molecule has 70 heavy (non-hydrogen) atoms. The van der Waals surface area contributed by atoms with Gasteiger partial charge in [0.05, 0.1) is 0 Å². The van der Waals surface area contributed by atoms with Gasteiger partial charge in [0, 0.05) is 19.4 Å². The number of carbonyl (C=O) groups is 2. The third-order valence-corrected chi connectivity index (χ3v) is 13.9. The fourth-order valence-electron chi connectivity index (χ4n) is 9.19. The molecule has 0 N–H and O–H groups in total. The smallest absolute Gasteiger partial charge is 0.305 e. The molecule has 5 heteroatoms. The van der Waals surface area contributed by atoms with Crippen molar-refractivity contribution in [2.45, 2.75) is 335 Å². The van der Waals surface area contributed by atoms with Crippen LogP contribution in [0.15, 0.2) is 48.6 Å². The van der Waals surface area contributed by atoms with E-state index in [0.717, 1.165) is 57.8 Å². The molecule has 0 spiro atoms. The number of unbranched alkanes of at least 4 members (excludes halogenated alkanes) is 39. The van der Waals surface area contributed by atoms with Gasteiger partial charge in [0.15, 0.2) is 0 Å². The quantitative estimate of drug-likeness (QED) is 0.0345. The molecule has 0 radical (unpaired) electrons. The van der Waals surface area contributed by atoms with Gasteiger partial charge in [-0.1, -0.05) is 307 Å². The summed E-state index contributed by atoms with van der Waals surface area (Å²) in [6.45, 7) is 7.71. The molecule has 5 nitrogen and oxygen atoms in total. The van der Waals surface area contributed by atoms with E-state index in [1.807, 2.05) is 0 Å². The Morgan fingerprint density at radius 3 is 0.900 bits per heavy atom. The van der Waals surface area contributed by atoms with Crippen molar-refractivity contribution in [2.75, 3.05) is 19.8 Å². The second kappa shape index (κ2) is 61.2. The highest BCUT2D eigenvalue weighted by atomic mass is 16.6. The summed E-state index contributed by atoms with van der Waals surface area (Å²) in [4.78, 5) is 25.4. The molecule has 0 aromatic heterocycles. The molecule has 0 unspecified atom stereocenters. The maximum Gasteiger partial charge on any atom is 0.305 e. The van der Waals surface area contributed by atoms with Crippen molar-refractivity contribution in [3.63, 3.8) is 0 Å². The van der Waals surface area contributed by atoms with Crippen molar-refractivity contribution in [2.24, 2.45) is 0 Å². The summed E-state index contributed by atoms with van der Waals surface area (Å²) >= 11 is 0. The molecule has 0 heterocycles. The monoisotopic (exact) mass is 981 g/mol. The van der Waals surface area contributed by atoms with Gasteiger partial charge in [-0.15, -0.1) is 0 Å². The second-order valence-corrected chi connectivity index (χ2v) is 21.0. The van der Waals surface area contributed by atoms with Crippen LogP contribution in [0.4, 0.5) is 0 Å². The lowest BCUT2D eigenvalue weighted by molar-refractivity contribution is -0.155. The van der Waals surface area contributed by atoms with Crippen molar-refractivity contribution in [1.82, 2.24) is 0 Å². The van der Waals surface area contributed by atoms with Gasteiger partial charge < -0.3 is 14.2 Å². The fourth-order valence-corrected chi connectivity index (χ4v) is 9.19. The first-order valence-corrected chi connectivity index (χ1v) is 31.2. The molecule has 1 atom stereocenters. The largest absolute Gasteiger partial charge is 0.463 e. The Balaban J connectivity index is 4.26. The van der Waals surface area contributed by atoms with E-state index in [0.29, 0.717) is 19.4 Å². The van der Waals surface area contributed by atoms with Crippen LogP contribution in [0.5, 0.6) is 0 Å². The molecule has 0 aliphatic carbocycles. The molecule has 0 aliphatic rings. The van der Waals surface area contributed by atoms with E-state index in [1.54, 1.807) is 0 Å². The number of esters is 2. The van der Waals surface area contributed by atoms with E-state index in [9.17, 15) is 9.59 Å². The third kappa shape index (κ3) is 58.4. The maximum atomic E-state index is 12.7. The highest BCUT2D eigenvalue weighted by molar-refractivity contribution is 5.69. The predicted octanol–water partition coefficient (Wildman–Crippen LogP) is 21.5. The molecular weight excluding hydrogens is 861 g/mol. The van der Waals surface area contributed by atoms with Crippen LogP contribution >= 0.6 is 0 Å². The van der Waals surface area contributed by atoms with E-state index in [-0.39, 0.29) is 25.2 Å². The first kappa shape index (κ1) is 67.9. The predicted molar refractivity (Wildman–Crippen MR) is 307 cm³/mol. The Labute approximate surface area is 437 Å². The summed E-state index contributed by atoms with van der Waals surface area (Å²) in [6, 6.07) is 0. The molecule has 0 fully saturated rings. The van der Waals surface area contributed by atoms with E-state index in [2.05, 4.69) is 69.4 Å². The normalized spacial score (nSPS) is 12.4. The van der Waals surface area contributed by atoms with Crippen molar-refractivity contribution in [3.8, 4) is 0 Å². The van der Waals surface area contributed by atoms with Crippen LogP contribution in [0.3, 0.4) is 0 Å². The Morgan fingerprint density at radius 2 is 0.557 bits per heavy atom. The van der Waals surface area contributed by atoms with Gasteiger partial charge in [0.1, 0.15) is 19.3 Å². The Hall–Kier alpha value is -2.14. The van der Waals surface area contributed by atoms with E-state index < -0.39 is 6.10 Å². The summed E-state index contributed by atoms with van der Waals surface area (Å²) in [5.74, 6) is -0.378. The third-order valence-electron chi connectivity index (χ3n) is 13.9. The van der Waals surface area contributed by atoms with Crippen molar-refractivity contribution in [3.05, 3.63) is 48.6 Å². The van der Waals surface area contributed by atoms with Crippen molar-refractivity contribution >= 4 is 11.9 Å². The molecule has 0 saturated carbocycles. The molecule has 0 aliphatic heterocycles. The Bertz CT molecular complexity index is 1150. The van der Waals surface area contributed by atoms with Crippen LogP contribution in [0.1, 0.15) is 329 Å². The highest BCUT2D eigenvalue weighted by Gasteiger charge is 2.16. The van der Waals surface area contributed by atoms with Gasteiger partial charge in [-0.25, -0.2) is 0 Å². The SMILES string of the molecule is CCCCC/C=C\C/C=C\C/C=C\C/C=C\CCCC(=O)OC[C@H](COC(=O)CCCCCCCCCCCCCCCCCCCCCCC)OCCCCCCCCCCCCCCCCCC. The number of rotatable bonds is 58. The zero-order valence-electron chi connectivity index (χ0n) is 47.3. The summed E-state index contributed by atoms with van der Waals surface area (Å²) < 4.78 is 17.5. The lowest BCUT2D eigenvalue weighted by Crippen LogP contribution is -2.29. The van der Waals surface area contributed by atoms with Crippen LogP contribution in [0, 0.1) is 0 Å². The van der Waals surface area contributed by atoms with Crippen LogP contribution in [-0.2, 0) is 23.8 Å². The number of ether oxygens (including phenoxy) is 3. The van der Waals surface area contributed by atoms with Crippen LogP contribution in [0.25, 0.3) is 0 Å². The standard InChI is InChI=1S/C65H120O5/c1-4-7-10-13-16-19-22-25-28-31-32-33-34-36-38-41-44-47-50-53-56-59-65(67)70-62-63(68-60-57-54-51-48-45-42-39-30-27-24-21-18-15-12-9-6-3)61-69-64(66)58-55-52-49-46-43-40-37-35-29-26-23-20-17-14-11-8-5-2/h17,20,26,29,37,40,46,49,63H,4-16,18-19,21-25,27-28,30-36,38-39,41-45,47-48,50-62H2,1-3H3/b20-17-,29-26-,40-37-,49-46-/t63-/m1/s1. The van der Waals surface area contributed by atoms with Gasteiger partial charge >= 0.3 is 11.9 Å². The lowest BCUT2D eigenvalue weighted by Gasteiger charge is -2.18. The first-order chi connectivity index (χ1) is 34.6. The van der Waals surface area contributed by atoms with Gasteiger partial charge in [-0.2, -0.15) is 0 Å². The van der Waals surface area contributed by atoms with Crippen molar-refractivity contribution < 1.29 is 23.8 Å². The van der Waals surface area contributed by atoms with Crippen LogP contribution in [0.2, 0.25) is 0 Å². The highest BCUT2D eigenvalue weighted by Crippen LogP contribution is 2.17.